The third kappa shape index (κ3) is 6.78. The average Bonchev–Trinajstić information content (AvgIpc) is 3.03. The number of nitrogens with zero attached hydrogens (tertiary/aromatic N) is 2. The number of β-amino-alcohol motifs (C(OH)–C–C–N with tert-alkyl or cyclic N) is 1. The maximum atomic E-state index is 13.6. The highest BCUT2D eigenvalue weighted by Crippen LogP contribution is 2.35. The SMILES string of the molecule is COCC(=O)N1CCN(C2CCC(c3ccccc3)CC2)C[C@](O)(COc2cc(F)cc(F)c2)C1. The molecule has 2 aliphatic rings. The highest BCUT2D eigenvalue weighted by Gasteiger charge is 2.40. The molecule has 1 aliphatic heterocycles. The van der Waals surface area contributed by atoms with Gasteiger partial charge in [-0.05, 0) is 37.2 Å². The summed E-state index contributed by atoms with van der Waals surface area (Å²) in [5, 5.41) is 11.6. The van der Waals surface area contributed by atoms with Crippen LogP contribution < -0.4 is 4.74 Å². The molecule has 1 atom stereocenters. The van der Waals surface area contributed by atoms with E-state index < -0.39 is 17.2 Å². The largest absolute Gasteiger partial charge is 0.490 e. The summed E-state index contributed by atoms with van der Waals surface area (Å²) in [6, 6.07) is 13.8. The Labute approximate surface area is 205 Å². The number of hydrogen-bond donors (Lipinski definition) is 1. The van der Waals surface area contributed by atoms with E-state index in [4.69, 9.17) is 9.47 Å². The Morgan fingerprint density at radius 3 is 2.37 bits per heavy atom. The van der Waals surface area contributed by atoms with Gasteiger partial charge in [-0.1, -0.05) is 30.3 Å². The van der Waals surface area contributed by atoms with E-state index in [-0.39, 0.29) is 37.5 Å². The van der Waals surface area contributed by atoms with Crippen LogP contribution in [0.4, 0.5) is 8.78 Å². The maximum Gasteiger partial charge on any atom is 0.248 e. The number of benzene rings is 2. The van der Waals surface area contributed by atoms with Gasteiger partial charge >= 0.3 is 0 Å². The molecule has 1 saturated heterocycles. The molecule has 0 aromatic heterocycles. The van der Waals surface area contributed by atoms with E-state index in [2.05, 4.69) is 29.2 Å². The molecule has 2 aromatic rings. The molecule has 1 saturated carbocycles. The minimum absolute atomic E-state index is 0.00450. The zero-order valence-corrected chi connectivity index (χ0v) is 20.2. The van der Waals surface area contributed by atoms with Crippen LogP contribution in [-0.4, -0.2) is 79.0 Å². The predicted molar refractivity (Wildman–Crippen MR) is 128 cm³/mol. The molecule has 0 bridgehead atoms. The lowest BCUT2D eigenvalue weighted by Gasteiger charge is -2.39. The van der Waals surface area contributed by atoms with E-state index in [1.807, 2.05) is 6.07 Å². The Morgan fingerprint density at radius 1 is 1.03 bits per heavy atom. The van der Waals surface area contributed by atoms with Gasteiger partial charge < -0.3 is 19.5 Å². The molecule has 35 heavy (non-hydrogen) atoms. The monoisotopic (exact) mass is 488 g/mol. The minimum Gasteiger partial charge on any atom is -0.490 e. The van der Waals surface area contributed by atoms with Crippen LogP contribution >= 0.6 is 0 Å². The summed E-state index contributed by atoms with van der Waals surface area (Å²) in [7, 11) is 1.46. The van der Waals surface area contributed by atoms with Crippen LogP contribution in [0.2, 0.25) is 0 Å². The third-order valence-corrected chi connectivity index (χ3v) is 7.09. The first-order chi connectivity index (χ1) is 16.8. The molecule has 190 valence electrons. The summed E-state index contributed by atoms with van der Waals surface area (Å²) >= 11 is 0. The molecule has 8 heteroatoms. The van der Waals surface area contributed by atoms with Crippen molar-refractivity contribution in [2.45, 2.75) is 43.2 Å². The van der Waals surface area contributed by atoms with Gasteiger partial charge in [-0.15, -0.1) is 0 Å². The first-order valence-corrected chi connectivity index (χ1v) is 12.2. The van der Waals surface area contributed by atoms with Crippen molar-refractivity contribution < 1.29 is 28.2 Å². The van der Waals surface area contributed by atoms with Crippen molar-refractivity contribution in [2.24, 2.45) is 0 Å². The second-order valence-corrected chi connectivity index (χ2v) is 9.75. The summed E-state index contributed by atoms with van der Waals surface area (Å²) < 4.78 is 37.9. The molecule has 0 spiro atoms. The summed E-state index contributed by atoms with van der Waals surface area (Å²) in [5.74, 6) is -1.17. The van der Waals surface area contributed by atoms with Gasteiger partial charge in [0.1, 0.15) is 36.2 Å². The van der Waals surface area contributed by atoms with E-state index in [1.54, 1.807) is 4.90 Å². The highest BCUT2D eigenvalue weighted by molar-refractivity contribution is 5.77. The number of carbonyl (C=O) groups is 1. The van der Waals surface area contributed by atoms with E-state index in [0.717, 1.165) is 43.9 Å². The molecule has 2 fully saturated rings. The molecular weight excluding hydrogens is 454 g/mol. The lowest BCUT2D eigenvalue weighted by Crippen LogP contribution is -2.54. The predicted octanol–water partition coefficient (Wildman–Crippen LogP) is 3.59. The van der Waals surface area contributed by atoms with Crippen LogP contribution in [0.5, 0.6) is 5.75 Å². The Balaban J connectivity index is 1.45. The lowest BCUT2D eigenvalue weighted by molar-refractivity contribution is -0.138. The Morgan fingerprint density at radius 2 is 1.71 bits per heavy atom. The van der Waals surface area contributed by atoms with Crippen molar-refractivity contribution in [3.8, 4) is 5.75 Å². The molecular formula is C27H34F2N2O4. The lowest BCUT2D eigenvalue weighted by atomic mass is 9.81. The first kappa shape index (κ1) is 25.5. The van der Waals surface area contributed by atoms with Gasteiger partial charge in [0.15, 0.2) is 0 Å². The van der Waals surface area contributed by atoms with Crippen molar-refractivity contribution >= 4 is 5.91 Å². The fraction of sp³-hybridized carbons (Fsp3) is 0.519. The summed E-state index contributed by atoms with van der Waals surface area (Å²) in [5.41, 5.74) is -0.0377. The van der Waals surface area contributed by atoms with Crippen LogP contribution in [0.3, 0.4) is 0 Å². The quantitative estimate of drug-likeness (QED) is 0.646. The van der Waals surface area contributed by atoms with Crippen molar-refractivity contribution in [2.75, 3.05) is 46.5 Å². The van der Waals surface area contributed by atoms with Crippen LogP contribution in [0.25, 0.3) is 0 Å². The molecule has 1 heterocycles. The number of ether oxygens (including phenoxy) is 2. The smallest absolute Gasteiger partial charge is 0.248 e. The Bertz CT molecular complexity index is 964. The average molecular weight is 489 g/mol. The normalized spacial score (nSPS) is 25.8. The van der Waals surface area contributed by atoms with Gasteiger partial charge in [-0.25, -0.2) is 8.78 Å². The van der Waals surface area contributed by atoms with Gasteiger partial charge in [0.05, 0.1) is 6.54 Å². The fourth-order valence-electron chi connectivity index (χ4n) is 5.35. The van der Waals surface area contributed by atoms with Crippen LogP contribution in [0.1, 0.15) is 37.2 Å². The summed E-state index contributed by atoms with van der Waals surface area (Å²) in [4.78, 5) is 16.5. The minimum atomic E-state index is -1.40. The number of methoxy groups -OCH3 is 1. The summed E-state index contributed by atoms with van der Waals surface area (Å²) in [6.07, 6.45) is 4.12. The molecule has 1 N–H and O–H groups in total. The molecule has 0 unspecified atom stereocenters. The maximum absolute atomic E-state index is 13.6. The second-order valence-electron chi connectivity index (χ2n) is 9.75. The third-order valence-electron chi connectivity index (χ3n) is 7.09. The van der Waals surface area contributed by atoms with Crippen LogP contribution in [0.15, 0.2) is 48.5 Å². The van der Waals surface area contributed by atoms with E-state index >= 15 is 0 Å². The zero-order chi connectivity index (χ0) is 24.8. The molecule has 1 amide bonds. The van der Waals surface area contributed by atoms with Crippen molar-refractivity contribution in [3.63, 3.8) is 0 Å². The van der Waals surface area contributed by atoms with E-state index in [1.165, 1.54) is 12.7 Å². The van der Waals surface area contributed by atoms with Gasteiger partial charge in [0.2, 0.25) is 5.91 Å². The number of hydrogen-bond acceptors (Lipinski definition) is 5. The molecule has 4 rings (SSSR count). The fourth-order valence-corrected chi connectivity index (χ4v) is 5.35. The zero-order valence-electron chi connectivity index (χ0n) is 20.2. The van der Waals surface area contributed by atoms with E-state index in [0.29, 0.717) is 25.6 Å². The van der Waals surface area contributed by atoms with Crippen LogP contribution in [-0.2, 0) is 9.53 Å². The standard InChI is InChI=1S/C27H34F2N2O4/c1-34-16-26(32)31-12-11-30(24-9-7-21(8-10-24)20-5-3-2-4-6-20)17-27(33,18-31)19-35-25-14-22(28)13-23(29)15-25/h2-6,13-15,21,24,33H,7-12,16-19H2,1H3/t21?,24?,27-/m1/s1. The van der Waals surface area contributed by atoms with Crippen molar-refractivity contribution in [1.29, 1.82) is 0 Å². The van der Waals surface area contributed by atoms with Crippen molar-refractivity contribution in [1.82, 2.24) is 9.80 Å². The van der Waals surface area contributed by atoms with Gasteiger partial charge in [0.25, 0.3) is 0 Å². The Kier molecular flexibility index (Phi) is 8.36. The van der Waals surface area contributed by atoms with Gasteiger partial charge in [-0.3, -0.25) is 9.69 Å². The Hall–Kier alpha value is -2.55. The van der Waals surface area contributed by atoms with Crippen LogP contribution in [0, 0.1) is 11.6 Å². The number of halogens is 2. The number of carbonyl (C=O) groups excluding carboxylic acids is 1. The number of rotatable bonds is 7. The molecule has 6 nitrogen and oxygen atoms in total. The van der Waals surface area contributed by atoms with Crippen molar-refractivity contribution in [3.05, 3.63) is 65.7 Å². The second kappa shape index (κ2) is 11.5. The topological polar surface area (TPSA) is 62.2 Å². The number of aliphatic hydroxyl groups is 1. The molecule has 2 aromatic carbocycles. The summed E-state index contributed by atoms with van der Waals surface area (Å²) in [6.45, 7) is 1.20. The number of amides is 1. The molecule has 0 radical (unpaired) electrons. The first-order valence-electron chi connectivity index (χ1n) is 12.2. The highest BCUT2D eigenvalue weighted by atomic mass is 19.1. The van der Waals surface area contributed by atoms with E-state index in [9.17, 15) is 18.7 Å². The molecule has 1 aliphatic carbocycles. The van der Waals surface area contributed by atoms with Gasteiger partial charge in [0, 0.05) is 51.0 Å². The van der Waals surface area contributed by atoms with Gasteiger partial charge in [-0.2, -0.15) is 0 Å².